The number of esters is 2. The van der Waals surface area contributed by atoms with Gasteiger partial charge < -0.3 is 14.2 Å². The lowest BCUT2D eigenvalue weighted by Gasteiger charge is -2.06. The molecule has 86 valence electrons. The molecule has 0 aromatic carbocycles. The molecule has 2 unspecified atom stereocenters. The van der Waals surface area contributed by atoms with E-state index in [-0.39, 0.29) is 12.2 Å². The van der Waals surface area contributed by atoms with E-state index in [1.54, 1.807) is 27.7 Å². The summed E-state index contributed by atoms with van der Waals surface area (Å²) in [6.07, 6.45) is -1.97. The van der Waals surface area contributed by atoms with Crippen molar-refractivity contribution in [1.82, 2.24) is 0 Å². The molecule has 2 atom stereocenters. The minimum atomic E-state index is -0.779. The van der Waals surface area contributed by atoms with Gasteiger partial charge in [-0.15, -0.1) is 0 Å². The molecule has 0 bridgehead atoms. The van der Waals surface area contributed by atoms with Gasteiger partial charge in [-0.2, -0.15) is 0 Å². The molecule has 0 aromatic rings. The smallest absolute Gasteiger partial charge is 0.338 e. The van der Waals surface area contributed by atoms with Crippen LogP contribution in [-0.2, 0) is 23.8 Å². The van der Waals surface area contributed by atoms with Gasteiger partial charge in [0.05, 0.1) is 12.2 Å². The van der Waals surface area contributed by atoms with E-state index >= 15 is 0 Å². The zero-order valence-corrected chi connectivity index (χ0v) is 9.35. The van der Waals surface area contributed by atoms with Crippen molar-refractivity contribution < 1.29 is 23.8 Å². The van der Waals surface area contributed by atoms with Gasteiger partial charge in [0.2, 0.25) is 0 Å². The fourth-order valence-electron chi connectivity index (χ4n) is 1.07. The number of ether oxygens (including phenoxy) is 3. The molecule has 1 aliphatic rings. The maximum Gasteiger partial charge on any atom is 0.338 e. The molecule has 0 aliphatic carbocycles. The second-order valence-corrected chi connectivity index (χ2v) is 3.95. The van der Waals surface area contributed by atoms with Crippen LogP contribution in [0.2, 0.25) is 0 Å². The van der Waals surface area contributed by atoms with Crippen LogP contribution in [0.1, 0.15) is 27.7 Å². The molecule has 0 radical (unpaired) electrons. The molecule has 1 aliphatic heterocycles. The fourth-order valence-corrected chi connectivity index (χ4v) is 1.07. The van der Waals surface area contributed by atoms with E-state index in [0.717, 1.165) is 0 Å². The molecular weight excluding hydrogens is 200 g/mol. The van der Waals surface area contributed by atoms with E-state index in [2.05, 4.69) is 0 Å². The molecule has 1 rings (SSSR count). The largest absolute Gasteiger partial charge is 0.461 e. The van der Waals surface area contributed by atoms with Gasteiger partial charge in [-0.3, -0.25) is 0 Å². The molecule has 1 saturated heterocycles. The molecule has 1 heterocycles. The number of hydrogen-bond acceptors (Lipinski definition) is 5. The van der Waals surface area contributed by atoms with Crippen LogP contribution in [0.4, 0.5) is 0 Å². The maximum absolute atomic E-state index is 11.3. The van der Waals surface area contributed by atoms with E-state index in [4.69, 9.17) is 14.2 Å². The van der Waals surface area contributed by atoms with E-state index in [9.17, 15) is 9.59 Å². The maximum atomic E-state index is 11.3. The van der Waals surface area contributed by atoms with E-state index in [1.165, 1.54) is 0 Å². The van der Waals surface area contributed by atoms with Crippen LogP contribution in [0.3, 0.4) is 0 Å². The van der Waals surface area contributed by atoms with Crippen LogP contribution in [-0.4, -0.2) is 36.4 Å². The minimum Gasteiger partial charge on any atom is -0.461 e. The summed E-state index contributed by atoms with van der Waals surface area (Å²) in [6.45, 7) is 6.95. The summed E-state index contributed by atoms with van der Waals surface area (Å²) in [5, 5.41) is 0. The van der Waals surface area contributed by atoms with E-state index in [0.29, 0.717) is 0 Å². The second kappa shape index (κ2) is 4.61. The molecule has 0 N–H and O–H groups in total. The zero-order valence-electron chi connectivity index (χ0n) is 9.35. The third-order valence-electron chi connectivity index (χ3n) is 1.66. The first kappa shape index (κ1) is 12.0. The highest BCUT2D eigenvalue weighted by Crippen LogP contribution is 2.25. The highest BCUT2D eigenvalue weighted by Gasteiger charge is 2.53. The van der Waals surface area contributed by atoms with Crippen molar-refractivity contribution in [3.63, 3.8) is 0 Å². The van der Waals surface area contributed by atoms with Gasteiger partial charge in [0.1, 0.15) is 0 Å². The molecule has 0 amide bonds. The van der Waals surface area contributed by atoms with E-state index in [1.807, 2.05) is 0 Å². The standard InChI is InChI=1S/C10H16O5/c1-5(2)13-9(11)7-8(15-7)10(12)14-6(3)4/h5-8H,1-4H3. The lowest BCUT2D eigenvalue weighted by Crippen LogP contribution is -2.24. The Hall–Kier alpha value is -1.10. The minimum absolute atomic E-state index is 0.205. The third kappa shape index (κ3) is 3.51. The summed E-state index contributed by atoms with van der Waals surface area (Å²) in [5.41, 5.74) is 0. The molecule has 0 aromatic heterocycles. The van der Waals surface area contributed by atoms with Crippen molar-refractivity contribution >= 4 is 11.9 Å². The summed E-state index contributed by atoms with van der Waals surface area (Å²) in [4.78, 5) is 22.5. The average molecular weight is 216 g/mol. The molecule has 5 nitrogen and oxygen atoms in total. The van der Waals surface area contributed by atoms with Crippen molar-refractivity contribution in [2.75, 3.05) is 0 Å². The second-order valence-electron chi connectivity index (χ2n) is 3.95. The Balaban J connectivity index is 2.33. The first-order chi connectivity index (χ1) is 6.91. The highest BCUT2D eigenvalue weighted by molar-refractivity contribution is 5.90. The molecule has 15 heavy (non-hydrogen) atoms. The average Bonchev–Trinajstić information content (AvgIpc) is 2.79. The van der Waals surface area contributed by atoms with Crippen molar-refractivity contribution in [2.24, 2.45) is 0 Å². The number of epoxide rings is 1. The van der Waals surface area contributed by atoms with Crippen molar-refractivity contribution in [1.29, 1.82) is 0 Å². The van der Waals surface area contributed by atoms with Crippen molar-refractivity contribution in [3.8, 4) is 0 Å². The summed E-state index contributed by atoms with van der Waals surface area (Å²) in [5.74, 6) is -1.01. The highest BCUT2D eigenvalue weighted by atomic mass is 16.7. The molecule has 0 spiro atoms. The molecular formula is C10H16O5. The SMILES string of the molecule is CC(C)OC(=O)C1OC1C(=O)OC(C)C. The predicted molar refractivity (Wildman–Crippen MR) is 51.1 cm³/mol. The van der Waals surface area contributed by atoms with Crippen LogP contribution in [0.15, 0.2) is 0 Å². The fraction of sp³-hybridized carbons (Fsp3) is 0.800. The van der Waals surface area contributed by atoms with Crippen LogP contribution in [0.5, 0.6) is 0 Å². The summed E-state index contributed by atoms with van der Waals surface area (Å²) >= 11 is 0. The Morgan fingerprint density at radius 3 is 1.53 bits per heavy atom. The Morgan fingerprint density at radius 1 is 0.933 bits per heavy atom. The van der Waals surface area contributed by atoms with Crippen LogP contribution >= 0.6 is 0 Å². The Bertz CT molecular complexity index is 233. The van der Waals surface area contributed by atoms with Crippen LogP contribution in [0.25, 0.3) is 0 Å². The Labute approximate surface area is 88.7 Å². The van der Waals surface area contributed by atoms with Crippen molar-refractivity contribution in [2.45, 2.75) is 52.1 Å². The number of carbonyl (C=O) groups is 2. The summed E-state index contributed by atoms with van der Waals surface area (Å²) in [6, 6.07) is 0. The van der Waals surface area contributed by atoms with Crippen LogP contribution in [0, 0.1) is 0 Å². The van der Waals surface area contributed by atoms with Crippen LogP contribution < -0.4 is 0 Å². The predicted octanol–water partition coefficient (Wildman–Crippen LogP) is 0.657. The number of rotatable bonds is 4. The lowest BCUT2D eigenvalue weighted by molar-refractivity contribution is -0.151. The number of hydrogen-bond donors (Lipinski definition) is 0. The molecule has 0 saturated carbocycles. The van der Waals surface area contributed by atoms with E-state index < -0.39 is 24.1 Å². The van der Waals surface area contributed by atoms with Gasteiger partial charge in [-0.1, -0.05) is 0 Å². The molecule has 1 fully saturated rings. The summed E-state index contributed by atoms with van der Waals surface area (Å²) in [7, 11) is 0. The Kier molecular flexibility index (Phi) is 3.68. The zero-order chi connectivity index (χ0) is 11.6. The topological polar surface area (TPSA) is 65.1 Å². The van der Waals surface area contributed by atoms with Gasteiger partial charge in [0, 0.05) is 0 Å². The quantitative estimate of drug-likeness (QED) is 0.510. The molecule has 5 heteroatoms. The summed E-state index contributed by atoms with van der Waals surface area (Å²) < 4.78 is 14.7. The number of carbonyl (C=O) groups excluding carboxylic acids is 2. The normalized spacial score (nSPS) is 24.1. The Morgan fingerprint density at radius 2 is 1.27 bits per heavy atom. The third-order valence-corrected chi connectivity index (χ3v) is 1.66. The lowest BCUT2D eigenvalue weighted by atomic mass is 10.3. The first-order valence-corrected chi connectivity index (χ1v) is 4.98. The monoisotopic (exact) mass is 216 g/mol. The van der Waals surface area contributed by atoms with Gasteiger partial charge in [-0.05, 0) is 27.7 Å². The van der Waals surface area contributed by atoms with Gasteiger partial charge in [-0.25, -0.2) is 9.59 Å². The van der Waals surface area contributed by atoms with Gasteiger partial charge >= 0.3 is 11.9 Å². The van der Waals surface area contributed by atoms with Gasteiger partial charge in [0.25, 0.3) is 0 Å². The first-order valence-electron chi connectivity index (χ1n) is 4.98. The van der Waals surface area contributed by atoms with Gasteiger partial charge in [0.15, 0.2) is 12.2 Å². The van der Waals surface area contributed by atoms with Crippen molar-refractivity contribution in [3.05, 3.63) is 0 Å².